The van der Waals surface area contributed by atoms with Gasteiger partial charge in [-0.15, -0.1) is 0 Å². The summed E-state index contributed by atoms with van der Waals surface area (Å²) in [4.78, 5) is 0. The Bertz CT molecular complexity index is 2870. The highest BCUT2D eigenvalue weighted by Crippen LogP contribution is 2.45. The van der Waals surface area contributed by atoms with Crippen LogP contribution in [-0.4, -0.2) is 0 Å². The first kappa shape index (κ1) is 27.2. The van der Waals surface area contributed by atoms with Gasteiger partial charge in [-0.25, -0.2) is 0 Å². The summed E-state index contributed by atoms with van der Waals surface area (Å²) < 4.78 is 28.0. The molecule has 0 aliphatic carbocycles. The molecule has 2 aromatic heterocycles. The van der Waals surface area contributed by atoms with Crippen LogP contribution in [-0.2, 0) is 4.57 Å². The Kier molecular flexibility index (Phi) is 5.85. The van der Waals surface area contributed by atoms with Gasteiger partial charge >= 0.3 is 0 Å². The monoisotopic (exact) mass is 634 g/mol. The van der Waals surface area contributed by atoms with Crippen LogP contribution in [0.1, 0.15) is 0 Å². The molecule has 0 bridgehead atoms. The van der Waals surface area contributed by atoms with E-state index in [1.807, 2.05) is 78.9 Å². The van der Waals surface area contributed by atoms with E-state index in [9.17, 15) is 0 Å². The van der Waals surface area contributed by atoms with Crippen LogP contribution in [0.3, 0.4) is 0 Å². The van der Waals surface area contributed by atoms with Crippen LogP contribution in [0.2, 0.25) is 0 Å². The summed E-state index contributed by atoms with van der Waals surface area (Å²) in [5.41, 5.74) is 5.52. The van der Waals surface area contributed by atoms with Crippen molar-refractivity contribution in [2.24, 2.45) is 0 Å². The Morgan fingerprint density at radius 3 is 1.48 bits per heavy atom. The van der Waals surface area contributed by atoms with Gasteiger partial charge in [0.1, 0.15) is 22.3 Å². The van der Waals surface area contributed by atoms with Gasteiger partial charge < -0.3 is 13.4 Å². The fourth-order valence-electron chi connectivity index (χ4n) is 7.45. The average molecular weight is 635 g/mol. The molecule has 48 heavy (non-hydrogen) atoms. The quantitative estimate of drug-likeness (QED) is 0.143. The van der Waals surface area contributed by atoms with Crippen molar-refractivity contribution in [1.29, 1.82) is 0 Å². The fraction of sp³-hybridized carbons (Fsp3) is 0. The number of furan rings is 2. The average Bonchev–Trinajstić information content (AvgIpc) is 3.73. The van der Waals surface area contributed by atoms with Crippen LogP contribution in [0.15, 0.2) is 173 Å². The lowest BCUT2D eigenvalue weighted by molar-refractivity contribution is 0.592. The zero-order valence-corrected chi connectivity index (χ0v) is 26.7. The first-order chi connectivity index (χ1) is 23.7. The Balaban J connectivity index is 1.17. The van der Waals surface area contributed by atoms with E-state index in [2.05, 4.69) is 84.9 Å². The fourth-order valence-corrected chi connectivity index (χ4v) is 10.1. The molecule has 10 rings (SSSR count). The molecule has 0 amide bonds. The molecule has 0 aliphatic rings. The van der Waals surface area contributed by atoms with E-state index in [-0.39, 0.29) is 0 Å². The van der Waals surface area contributed by atoms with E-state index >= 15 is 4.57 Å². The number of fused-ring (bicyclic) bond motifs is 11. The maximum absolute atomic E-state index is 15.1. The van der Waals surface area contributed by atoms with Crippen molar-refractivity contribution in [2.45, 2.75) is 0 Å². The molecule has 0 spiro atoms. The molecule has 226 valence electrons. The molecule has 10 aromatic rings. The van der Waals surface area contributed by atoms with Crippen molar-refractivity contribution in [1.82, 2.24) is 0 Å². The van der Waals surface area contributed by atoms with Gasteiger partial charge in [0.2, 0.25) is 0 Å². The summed E-state index contributed by atoms with van der Waals surface area (Å²) in [5.74, 6) is 0. The third-order valence-corrected chi connectivity index (χ3v) is 12.8. The maximum atomic E-state index is 15.1. The summed E-state index contributed by atoms with van der Waals surface area (Å²) in [6.07, 6.45) is 0. The Labute approximate surface area is 276 Å². The van der Waals surface area contributed by atoms with Crippen molar-refractivity contribution in [3.05, 3.63) is 164 Å². The number of benzene rings is 8. The largest absolute Gasteiger partial charge is 0.456 e. The molecule has 0 N–H and O–H groups in total. The van der Waals surface area contributed by atoms with Crippen molar-refractivity contribution in [3.8, 4) is 11.1 Å². The Morgan fingerprint density at radius 2 is 0.833 bits per heavy atom. The molecule has 2 heterocycles. The van der Waals surface area contributed by atoms with Crippen LogP contribution in [0.5, 0.6) is 0 Å². The Hall–Kier alpha value is -5.89. The van der Waals surface area contributed by atoms with E-state index in [0.29, 0.717) is 0 Å². The van der Waals surface area contributed by atoms with Gasteiger partial charge in [-0.05, 0) is 69.8 Å². The second kappa shape index (κ2) is 10.3. The van der Waals surface area contributed by atoms with Crippen molar-refractivity contribution < 1.29 is 13.4 Å². The van der Waals surface area contributed by atoms with Crippen molar-refractivity contribution in [2.75, 3.05) is 0 Å². The van der Waals surface area contributed by atoms with Gasteiger partial charge in [-0.3, -0.25) is 0 Å². The molecule has 0 saturated heterocycles. The smallest absolute Gasteiger partial charge is 0.171 e. The van der Waals surface area contributed by atoms with Gasteiger partial charge in [0.05, 0.1) is 0 Å². The van der Waals surface area contributed by atoms with Gasteiger partial charge in [0.15, 0.2) is 7.14 Å². The first-order valence-corrected chi connectivity index (χ1v) is 17.8. The van der Waals surface area contributed by atoms with E-state index in [4.69, 9.17) is 8.83 Å². The van der Waals surface area contributed by atoms with Crippen LogP contribution in [0.4, 0.5) is 0 Å². The molecular weight excluding hydrogens is 607 g/mol. The predicted molar refractivity (Wildman–Crippen MR) is 201 cm³/mol. The third-order valence-electron chi connectivity index (χ3n) is 9.74. The third kappa shape index (κ3) is 3.92. The molecule has 0 unspecified atom stereocenters. The van der Waals surface area contributed by atoms with E-state index < -0.39 is 7.14 Å². The number of rotatable bonds is 4. The predicted octanol–water partition coefficient (Wildman–Crippen LogP) is 11.1. The molecule has 0 radical (unpaired) electrons. The summed E-state index contributed by atoms with van der Waals surface area (Å²) in [6, 6.07) is 55.4. The highest BCUT2D eigenvalue weighted by molar-refractivity contribution is 7.85. The van der Waals surface area contributed by atoms with Gasteiger partial charge in [-0.2, -0.15) is 0 Å². The van der Waals surface area contributed by atoms with E-state index in [1.54, 1.807) is 0 Å². The minimum atomic E-state index is -3.14. The highest BCUT2D eigenvalue weighted by atomic mass is 31.2. The number of hydrogen-bond donors (Lipinski definition) is 0. The van der Waals surface area contributed by atoms with Crippen LogP contribution < -0.4 is 15.9 Å². The summed E-state index contributed by atoms with van der Waals surface area (Å²) in [7, 11) is -3.14. The normalized spacial score (nSPS) is 12.2. The number of hydrogen-bond acceptors (Lipinski definition) is 3. The summed E-state index contributed by atoms with van der Waals surface area (Å²) in [5, 5.41) is 11.3. The van der Waals surface area contributed by atoms with Gasteiger partial charge in [-0.1, -0.05) is 121 Å². The van der Waals surface area contributed by atoms with Crippen LogP contribution >= 0.6 is 7.14 Å². The zero-order valence-electron chi connectivity index (χ0n) is 25.8. The molecule has 0 atom stereocenters. The van der Waals surface area contributed by atoms with Crippen LogP contribution in [0, 0.1) is 0 Å². The van der Waals surface area contributed by atoms with E-state index in [0.717, 1.165) is 76.3 Å². The topological polar surface area (TPSA) is 43.4 Å². The van der Waals surface area contributed by atoms with Gasteiger partial charge in [0.25, 0.3) is 0 Å². The Morgan fingerprint density at radius 1 is 0.354 bits per heavy atom. The second-order valence-electron chi connectivity index (χ2n) is 12.4. The zero-order chi connectivity index (χ0) is 31.8. The summed E-state index contributed by atoms with van der Waals surface area (Å²) in [6.45, 7) is 0. The highest BCUT2D eigenvalue weighted by Gasteiger charge is 2.30. The minimum absolute atomic E-state index is 0.771. The molecule has 3 nitrogen and oxygen atoms in total. The lowest BCUT2D eigenvalue weighted by Crippen LogP contribution is -2.24. The molecule has 0 aliphatic heterocycles. The van der Waals surface area contributed by atoms with E-state index in [1.165, 1.54) is 16.2 Å². The standard InChI is InChI=1S/C44H27O3P/c45-48(30-11-3-1-4-12-30,31-13-5-2-6-14-31)32-21-24-41-38(27-32)37-25-28(19-22-40(37)46-41)29-20-23-42-39(26-29)43-35-17-9-7-15-33(35)34-16-8-10-18-36(34)44(43)47-42/h1-27H. The molecule has 0 saturated carbocycles. The minimum Gasteiger partial charge on any atom is -0.456 e. The maximum Gasteiger partial charge on any atom is 0.171 e. The first-order valence-electron chi connectivity index (χ1n) is 16.1. The second-order valence-corrected chi connectivity index (χ2v) is 15.1. The molecular formula is C44H27O3P. The summed E-state index contributed by atoms with van der Waals surface area (Å²) >= 11 is 0. The van der Waals surface area contributed by atoms with Crippen molar-refractivity contribution >= 4 is 88.5 Å². The van der Waals surface area contributed by atoms with Gasteiger partial charge in [0, 0.05) is 42.8 Å². The SMILES string of the molecule is O=P(c1ccccc1)(c1ccccc1)c1ccc2oc3ccc(-c4ccc5oc6c7ccccc7c7ccccc7c6c5c4)cc3c2c1. The lowest BCUT2D eigenvalue weighted by atomic mass is 9.95. The van der Waals surface area contributed by atoms with Crippen LogP contribution in [0.25, 0.3) is 76.5 Å². The molecule has 0 fully saturated rings. The molecule has 8 aromatic carbocycles. The van der Waals surface area contributed by atoms with Crippen molar-refractivity contribution in [3.63, 3.8) is 0 Å². The molecule has 4 heteroatoms. The lowest BCUT2D eigenvalue weighted by Gasteiger charge is -2.20.